The molecule has 18 heavy (non-hydrogen) atoms. The molecular weight excluding hydrogens is 222 g/mol. The highest BCUT2D eigenvalue weighted by Crippen LogP contribution is 2.28. The first-order valence-electron chi connectivity index (χ1n) is 7.21. The minimum absolute atomic E-state index is 0.472. The van der Waals surface area contributed by atoms with Crippen LogP contribution < -0.4 is 5.32 Å². The molecule has 2 rings (SSSR count). The maximum absolute atomic E-state index is 4.74. The lowest BCUT2D eigenvalue weighted by atomic mass is 10.1. The average molecular weight is 247 g/mol. The Kier molecular flexibility index (Phi) is 5.00. The van der Waals surface area contributed by atoms with Crippen molar-refractivity contribution in [2.75, 3.05) is 6.54 Å². The monoisotopic (exact) mass is 247 g/mol. The molecule has 1 atom stereocenters. The van der Waals surface area contributed by atoms with Gasteiger partial charge in [0.15, 0.2) is 0 Å². The third kappa shape index (κ3) is 3.45. The van der Waals surface area contributed by atoms with Gasteiger partial charge in [-0.2, -0.15) is 5.10 Å². The van der Waals surface area contributed by atoms with E-state index in [1.54, 1.807) is 0 Å². The molecule has 1 unspecified atom stereocenters. The highest BCUT2D eigenvalue weighted by molar-refractivity contribution is 5.03. The van der Waals surface area contributed by atoms with E-state index in [9.17, 15) is 0 Å². The van der Waals surface area contributed by atoms with E-state index >= 15 is 0 Å². The Morgan fingerprint density at radius 3 is 3.00 bits per heavy atom. The van der Waals surface area contributed by atoms with Crippen LogP contribution in [0.1, 0.15) is 50.8 Å². The second-order valence-electron chi connectivity index (χ2n) is 5.21. The zero-order chi connectivity index (χ0) is 12.8. The third-order valence-electron chi connectivity index (χ3n) is 3.76. The summed E-state index contributed by atoms with van der Waals surface area (Å²) in [6, 6.07) is 3.29. The van der Waals surface area contributed by atoms with Gasteiger partial charge in [-0.15, -0.1) is 6.58 Å². The summed E-state index contributed by atoms with van der Waals surface area (Å²) < 4.78 is 2.18. The predicted molar refractivity (Wildman–Crippen MR) is 75.7 cm³/mol. The van der Waals surface area contributed by atoms with Gasteiger partial charge >= 0.3 is 0 Å². The van der Waals surface area contributed by atoms with Crippen LogP contribution in [0.15, 0.2) is 24.9 Å². The van der Waals surface area contributed by atoms with Crippen molar-refractivity contribution < 1.29 is 0 Å². The summed E-state index contributed by atoms with van der Waals surface area (Å²) in [5.41, 5.74) is 1.20. The molecule has 100 valence electrons. The molecular formula is C15H25N3. The first-order valence-corrected chi connectivity index (χ1v) is 7.21. The van der Waals surface area contributed by atoms with E-state index in [1.807, 2.05) is 6.08 Å². The van der Waals surface area contributed by atoms with Gasteiger partial charge in [0.2, 0.25) is 0 Å². The van der Waals surface area contributed by atoms with Crippen molar-refractivity contribution in [3.8, 4) is 0 Å². The summed E-state index contributed by atoms with van der Waals surface area (Å²) in [5.74, 6) is 0. The van der Waals surface area contributed by atoms with Crippen LogP contribution in [0.4, 0.5) is 0 Å². The SMILES string of the molecule is C=CCC(Cc1ccn(C2CCCC2)n1)NCC. The third-order valence-corrected chi connectivity index (χ3v) is 3.76. The molecule has 0 spiro atoms. The molecule has 1 saturated carbocycles. The normalized spacial score (nSPS) is 18.1. The van der Waals surface area contributed by atoms with Crippen molar-refractivity contribution >= 4 is 0 Å². The Balaban J connectivity index is 1.93. The Hall–Kier alpha value is -1.09. The largest absolute Gasteiger partial charge is 0.314 e. The molecule has 3 nitrogen and oxygen atoms in total. The number of rotatable bonds is 7. The van der Waals surface area contributed by atoms with Gasteiger partial charge in [-0.1, -0.05) is 25.8 Å². The van der Waals surface area contributed by atoms with E-state index in [0.29, 0.717) is 12.1 Å². The molecule has 0 saturated heterocycles. The van der Waals surface area contributed by atoms with Gasteiger partial charge in [0.05, 0.1) is 11.7 Å². The highest BCUT2D eigenvalue weighted by atomic mass is 15.3. The van der Waals surface area contributed by atoms with Gasteiger partial charge in [-0.3, -0.25) is 4.68 Å². The van der Waals surface area contributed by atoms with Crippen LogP contribution in [0.3, 0.4) is 0 Å². The topological polar surface area (TPSA) is 29.9 Å². The first kappa shape index (κ1) is 13.3. The van der Waals surface area contributed by atoms with Gasteiger partial charge in [0, 0.05) is 18.7 Å². The minimum atomic E-state index is 0.472. The smallest absolute Gasteiger partial charge is 0.0640 e. The number of likely N-dealkylation sites (N-methyl/N-ethyl adjacent to an activating group) is 1. The van der Waals surface area contributed by atoms with Crippen molar-refractivity contribution in [2.24, 2.45) is 0 Å². The van der Waals surface area contributed by atoms with Gasteiger partial charge in [0.25, 0.3) is 0 Å². The van der Waals surface area contributed by atoms with Crippen molar-refractivity contribution in [3.63, 3.8) is 0 Å². The number of aromatic nitrogens is 2. The zero-order valence-corrected chi connectivity index (χ0v) is 11.4. The maximum atomic E-state index is 4.74. The quantitative estimate of drug-likeness (QED) is 0.750. The lowest BCUT2D eigenvalue weighted by Gasteiger charge is -2.14. The van der Waals surface area contributed by atoms with Gasteiger partial charge in [-0.25, -0.2) is 0 Å². The molecule has 3 heteroatoms. The lowest BCUT2D eigenvalue weighted by Crippen LogP contribution is -2.30. The van der Waals surface area contributed by atoms with Crippen LogP contribution in [-0.4, -0.2) is 22.4 Å². The molecule has 1 aromatic heterocycles. The number of nitrogens with zero attached hydrogens (tertiary/aromatic N) is 2. The van der Waals surface area contributed by atoms with E-state index in [0.717, 1.165) is 19.4 Å². The fourth-order valence-corrected chi connectivity index (χ4v) is 2.84. The second-order valence-corrected chi connectivity index (χ2v) is 5.21. The summed E-state index contributed by atoms with van der Waals surface area (Å²) in [5, 5.41) is 8.23. The van der Waals surface area contributed by atoms with Crippen molar-refractivity contribution in [3.05, 3.63) is 30.6 Å². The maximum Gasteiger partial charge on any atom is 0.0640 e. The molecule has 0 radical (unpaired) electrons. The molecule has 1 aromatic rings. The highest BCUT2D eigenvalue weighted by Gasteiger charge is 2.18. The minimum Gasteiger partial charge on any atom is -0.314 e. The Morgan fingerprint density at radius 2 is 2.33 bits per heavy atom. The average Bonchev–Trinajstić information content (AvgIpc) is 2.98. The van der Waals surface area contributed by atoms with Crippen molar-refractivity contribution in [1.29, 1.82) is 0 Å². The Morgan fingerprint density at radius 1 is 1.56 bits per heavy atom. The molecule has 0 bridgehead atoms. The molecule has 1 N–H and O–H groups in total. The van der Waals surface area contributed by atoms with Crippen LogP contribution in [0, 0.1) is 0 Å². The molecule has 1 aliphatic carbocycles. The fraction of sp³-hybridized carbons (Fsp3) is 0.667. The van der Waals surface area contributed by atoms with Crippen LogP contribution >= 0.6 is 0 Å². The summed E-state index contributed by atoms with van der Waals surface area (Å²) >= 11 is 0. The van der Waals surface area contributed by atoms with Crippen LogP contribution in [0.25, 0.3) is 0 Å². The van der Waals surface area contributed by atoms with E-state index in [4.69, 9.17) is 5.10 Å². The van der Waals surface area contributed by atoms with Gasteiger partial charge < -0.3 is 5.32 Å². The van der Waals surface area contributed by atoms with E-state index in [1.165, 1.54) is 31.4 Å². The lowest BCUT2D eigenvalue weighted by molar-refractivity contribution is 0.456. The Bertz CT molecular complexity index is 364. The standard InChI is InChI=1S/C15H25N3/c1-3-7-13(16-4-2)12-14-10-11-18(17-14)15-8-5-6-9-15/h3,10-11,13,15-16H,1,4-9,12H2,2H3. The number of hydrogen-bond acceptors (Lipinski definition) is 2. The van der Waals surface area contributed by atoms with Crippen LogP contribution in [0.5, 0.6) is 0 Å². The second kappa shape index (κ2) is 6.74. The molecule has 0 aliphatic heterocycles. The summed E-state index contributed by atoms with van der Waals surface area (Å²) in [6.07, 6.45) is 11.5. The van der Waals surface area contributed by atoms with E-state index in [2.05, 4.69) is 35.8 Å². The van der Waals surface area contributed by atoms with Crippen molar-refractivity contribution in [1.82, 2.24) is 15.1 Å². The number of hydrogen-bond donors (Lipinski definition) is 1. The molecule has 0 amide bonds. The predicted octanol–water partition coefficient (Wildman–Crippen LogP) is 3.09. The van der Waals surface area contributed by atoms with Crippen molar-refractivity contribution in [2.45, 2.75) is 57.5 Å². The number of nitrogens with one attached hydrogen (secondary N) is 1. The molecule has 0 aromatic carbocycles. The molecule has 1 aliphatic rings. The zero-order valence-electron chi connectivity index (χ0n) is 11.4. The summed E-state index contributed by atoms with van der Waals surface area (Å²) in [4.78, 5) is 0. The first-order chi connectivity index (χ1) is 8.83. The fourth-order valence-electron chi connectivity index (χ4n) is 2.84. The van der Waals surface area contributed by atoms with Gasteiger partial charge in [-0.05, 0) is 31.9 Å². The molecule has 1 fully saturated rings. The van der Waals surface area contributed by atoms with Crippen LogP contribution in [-0.2, 0) is 6.42 Å². The summed E-state index contributed by atoms with van der Waals surface area (Å²) in [6.45, 7) is 6.97. The summed E-state index contributed by atoms with van der Waals surface area (Å²) in [7, 11) is 0. The molecule has 1 heterocycles. The van der Waals surface area contributed by atoms with E-state index in [-0.39, 0.29) is 0 Å². The van der Waals surface area contributed by atoms with Crippen LogP contribution in [0.2, 0.25) is 0 Å². The van der Waals surface area contributed by atoms with E-state index < -0.39 is 0 Å². The Labute approximate surface area is 110 Å². The van der Waals surface area contributed by atoms with Gasteiger partial charge in [0.1, 0.15) is 0 Å².